The van der Waals surface area contributed by atoms with E-state index >= 15 is 0 Å². The molecule has 0 saturated heterocycles. The molecule has 120 valence electrons. The third kappa shape index (κ3) is 3.35. The summed E-state index contributed by atoms with van der Waals surface area (Å²) in [5.41, 5.74) is 0. The van der Waals surface area contributed by atoms with Crippen molar-refractivity contribution in [2.75, 3.05) is 6.16 Å². The van der Waals surface area contributed by atoms with Crippen molar-refractivity contribution in [3.63, 3.8) is 0 Å². The first-order valence-corrected chi connectivity index (χ1v) is 10.5. The SMILES string of the molecule is C/C=C\CC[P+](c1ccccc1)(c1ccccc1)c1ccccc1. The zero-order valence-electron chi connectivity index (χ0n) is 14.2. The average molecular weight is 331 g/mol. The van der Waals surface area contributed by atoms with Crippen molar-refractivity contribution in [2.24, 2.45) is 0 Å². The monoisotopic (exact) mass is 331 g/mol. The van der Waals surface area contributed by atoms with Gasteiger partial charge in [0.15, 0.2) is 0 Å². The van der Waals surface area contributed by atoms with Gasteiger partial charge in [-0.1, -0.05) is 66.7 Å². The fourth-order valence-corrected chi connectivity index (χ4v) is 7.57. The Morgan fingerprint density at radius 2 is 1.00 bits per heavy atom. The van der Waals surface area contributed by atoms with Crippen LogP contribution < -0.4 is 15.9 Å². The molecule has 24 heavy (non-hydrogen) atoms. The molecule has 0 N–H and O–H groups in total. The number of allylic oxidation sites excluding steroid dienone is 2. The van der Waals surface area contributed by atoms with E-state index < -0.39 is 7.26 Å². The van der Waals surface area contributed by atoms with E-state index in [1.165, 1.54) is 15.9 Å². The lowest BCUT2D eigenvalue weighted by Crippen LogP contribution is -2.33. The van der Waals surface area contributed by atoms with Crippen molar-refractivity contribution in [3.05, 3.63) is 103 Å². The Balaban J connectivity index is 2.24. The van der Waals surface area contributed by atoms with Crippen molar-refractivity contribution in [1.82, 2.24) is 0 Å². The molecule has 0 radical (unpaired) electrons. The molecule has 0 unspecified atom stereocenters. The summed E-state index contributed by atoms with van der Waals surface area (Å²) in [5, 5.41) is 4.39. The maximum atomic E-state index is 2.31. The molecule has 1 heteroatoms. The summed E-state index contributed by atoms with van der Waals surface area (Å²) in [6.07, 6.45) is 6.72. The van der Waals surface area contributed by atoms with Gasteiger partial charge in [0.1, 0.15) is 23.2 Å². The first kappa shape index (κ1) is 16.7. The number of hydrogen-bond acceptors (Lipinski definition) is 0. The third-order valence-corrected chi connectivity index (χ3v) is 8.93. The number of benzene rings is 3. The maximum absolute atomic E-state index is 2.31. The summed E-state index contributed by atoms with van der Waals surface area (Å²) < 4.78 is 0. The predicted octanol–water partition coefficient (Wildman–Crippen LogP) is 4.95. The fourth-order valence-electron chi connectivity index (χ4n) is 3.32. The van der Waals surface area contributed by atoms with Crippen molar-refractivity contribution >= 4 is 23.2 Å². The van der Waals surface area contributed by atoms with Crippen molar-refractivity contribution in [2.45, 2.75) is 13.3 Å². The normalized spacial score (nSPS) is 11.7. The van der Waals surface area contributed by atoms with Gasteiger partial charge in [-0.05, 0) is 43.3 Å². The largest absolute Gasteiger partial charge is 0.112 e. The fraction of sp³-hybridized carbons (Fsp3) is 0.130. The van der Waals surface area contributed by atoms with Crippen LogP contribution in [0.3, 0.4) is 0 Å². The third-order valence-electron chi connectivity index (χ3n) is 4.46. The molecule has 3 aromatic carbocycles. The van der Waals surface area contributed by atoms with E-state index in [1.54, 1.807) is 0 Å². The Bertz CT molecular complexity index is 664. The predicted molar refractivity (Wildman–Crippen MR) is 109 cm³/mol. The average Bonchev–Trinajstić information content (AvgIpc) is 2.68. The molecule has 0 saturated carbocycles. The van der Waals surface area contributed by atoms with Gasteiger partial charge in [0, 0.05) is 6.42 Å². The molecule has 0 amide bonds. The second kappa shape index (κ2) is 8.08. The molecule has 0 atom stereocenters. The zero-order valence-corrected chi connectivity index (χ0v) is 15.1. The Hall–Kier alpha value is -2.17. The summed E-state index contributed by atoms with van der Waals surface area (Å²) in [6, 6.07) is 33.2. The van der Waals surface area contributed by atoms with E-state index in [4.69, 9.17) is 0 Å². The first-order valence-electron chi connectivity index (χ1n) is 8.54. The first-order chi connectivity index (χ1) is 11.9. The summed E-state index contributed by atoms with van der Waals surface area (Å²) in [4.78, 5) is 0. The van der Waals surface area contributed by atoms with Crippen LogP contribution in [-0.4, -0.2) is 6.16 Å². The molecular formula is C23H24P+. The van der Waals surface area contributed by atoms with Gasteiger partial charge in [-0.15, -0.1) is 0 Å². The van der Waals surface area contributed by atoms with Crippen LogP contribution in [0, 0.1) is 0 Å². The van der Waals surface area contributed by atoms with E-state index in [0.717, 1.165) is 12.6 Å². The van der Waals surface area contributed by atoms with Gasteiger partial charge in [0.25, 0.3) is 0 Å². The summed E-state index contributed by atoms with van der Waals surface area (Å²) >= 11 is 0. The highest BCUT2D eigenvalue weighted by molar-refractivity contribution is 7.95. The smallest absolute Gasteiger partial charge is 0.0915 e. The van der Waals surface area contributed by atoms with Crippen LogP contribution in [0.2, 0.25) is 0 Å². The molecule has 3 aromatic rings. The molecule has 0 fully saturated rings. The Labute approximate surface area is 146 Å². The van der Waals surface area contributed by atoms with Crippen molar-refractivity contribution < 1.29 is 0 Å². The number of rotatable bonds is 6. The van der Waals surface area contributed by atoms with Crippen molar-refractivity contribution in [1.29, 1.82) is 0 Å². The molecule has 0 aliphatic carbocycles. The van der Waals surface area contributed by atoms with Crippen LogP contribution in [0.15, 0.2) is 103 Å². The molecule has 0 nitrogen and oxygen atoms in total. The highest BCUT2D eigenvalue weighted by Gasteiger charge is 2.44. The van der Waals surface area contributed by atoms with E-state index in [-0.39, 0.29) is 0 Å². The quantitative estimate of drug-likeness (QED) is 0.443. The van der Waals surface area contributed by atoms with Crippen LogP contribution in [0.4, 0.5) is 0 Å². The molecular weight excluding hydrogens is 307 g/mol. The molecule has 3 rings (SSSR count). The van der Waals surface area contributed by atoms with Crippen molar-refractivity contribution in [3.8, 4) is 0 Å². The van der Waals surface area contributed by atoms with E-state index in [0.29, 0.717) is 0 Å². The second-order valence-electron chi connectivity index (χ2n) is 5.90. The van der Waals surface area contributed by atoms with Gasteiger partial charge >= 0.3 is 0 Å². The number of hydrogen-bond donors (Lipinski definition) is 0. The Kier molecular flexibility index (Phi) is 5.62. The van der Waals surface area contributed by atoms with Gasteiger partial charge in [-0.3, -0.25) is 0 Å². The second-order valence-corrected chi connectivity index (χ2v) is 9.51. The Morgan fingerprint density at radius 3 is 1.33 bits per heavy atom. The standard InChI is InChI=1S/C23H24P/c1-2-3-13-20-24(21-14-7-4-8-15-21,22-16-9-5-10-17-22)23-18-11-6-12-19-23/h2-12,14-19H,13,20H2,1H3/q+1/b3-2-. The lowest BCUT2D eigenvalue weighted by molar-refractivity contribution is 1.22. The highest BCUT2D eigenvalue weighted by atomic mass is 31.2. The molecule has 0 bridgehead atoms. The zero-order chi connectivity index (χ0) is 16.7. The summed E-state index contributed by atoms with van der Waals surface area (Å²) in [5.74, 6) is 0. The molecule has 0 heterocycles. The van der Waals surface area contributed by atoms with Crippen LogP contribution in [-0.2, 0) is 0 Å². The summed E-state index contributed by atoms with van der Waals surface area (Å²) in [7, 11) is -1.63. The minimum Gasteiger partial charge on any atom is -0.0915 e. The molecule has 0 aromatic heterocycles. The van der Waals surface area contributed by atoms with Crippen LogP contribution in [0.5, 0.6) is 0 Å². The molecule has 0 aliphatic heterocycles. The van der Waals surface area contributed by atoms with Crippen LogP contribution >= 0.6 is 7.26 Å². The molecule has 0 spiro atoms. The lowest BCUT2D eigenvalue weighted by Gasteiger charge is -2.27. The van der Waals surface area contributed by atoms with Gasteiger partial charge < -0.3 is 0 Å². The van der Waals surface area contributed by atoms with Crippen LogP contribution in [0.25, 0.3) is 0 Å². The summed E-state index contributed by atoms with van der Waals surface area (Å²) in [6.45, 7) is 2.10. The lowest BCUT2D eigenvalue weighted by atomic mass is 10.3. The minimum atomic E-state index is -1.63. The maximum Gasteiger partial charge on any atom is 0.112 e. The highest BCUT2D eigenvalue weighted by Crippen LogP contribution is 2.55. The van der Waals surface area contributed by atoms with Gasteiger partial charge in [0.2, 0.25) is 0 Å². The Morgan fingerprint density at radius 1 is 0.625 bits per heavy atom. The van der Waals surface area contributed by atoms with Gasteiger partial charge in [-0.25, -0.2) is 0 Å². The van der Waals surface area contributed by atoms with Crippen LogP contribution in [0.1, 0.15) is 13.3 Å². The van der Waals surface area contributed by atoms with E-state index in [1.807, 2.05) is 0 Å². The van der Waals surface area contributed by atoms with Gasteiger partial charge in [0.05, 0.1) is 6.16 Å². The van der Waals surface area contributed by atoms with E-state index in [2.05, 4.69) is 110 Å². The molecule has 0 aliphatic rings. The van der Waals surface area contributed by atoms with Gasteiger partial charge in [-0.2, -0.15) is 0 Å². The topological polar surface area (TPSA) is 0 Å². The van der Waals surface area contributed by atoms with E-state index in [9.17, 15) is 0 Å². The minimum absolute atomic E-state index is 1.10.